The van der Waals surface area contributed by atoms with E-state index in [-0.39, 0.29) is 5.78 Å². The Morgan fingerprint density at radius 2 is 1.69 bits per heavy atom. The van der Waals surface area contributed by atoms with E-state index in [2.05, 4.69) is 13.8 Å². The lowest BCUT2D eigenvalue weighted by atomic mass is 10.0. The van der Waals surface area contributed by atoms with Crippen LogP contribution in [-0.4, -0.2) is 11.8 Å². The van der Waals surface area contributed by atoms with Gasteiger partial charge in [0.05, 0.1) is 5.97 Å². The zero-order chi connectivity index (χ0) is 12.1. The van der Waals surface area contributed by atoms with E-state index in [0.29, 0.717) is 11.5 Å². The number of allylic oxidation sites excluding steroid dienone is 1. The van der Waals surface area contributed by atoms with Crippen LogP contribution in [0.3, 0.4) is 0 Å². The number of carbonyl (C=O) groups excluding carboxylic acids is 2. The topological polar surface area (TPSA) is 57.2 Å². The van der Waals surface area contributed by atoms with Gasteiger partial charge in [-0.05, 0) is 23.6 Å². The summed E-state index contributed by atoms with van der Waals surface area (Å²) in [4.78, 5) is 21.6. The number of hydrogen-bond acceptors (Lipinski definition) is 3. The molecule has 0 heterocycles. The molecule has 1 rings (SSSR count). The third kappa shape index (κ3) is 3.35. The Morgan fingerprint density at radius 1 is 1.12 bits per heavy atom. The van der Waals surface area contributed by atoms with E-state index in [4.69, 9.17) is 0 Å². The Balaban J connectivity index is 2.82. The van der Waals surface area contributed by atoms with Crippen LogP contribution in [0.15, 0.2) is 36.4 Å². The molecule has 0 bridgehead atoms. The Bertz CT molecular complexity index is 413. The second-order valence-corrected chi connectivity index (χ2v) is 3.79. The van der Waals surface area contributed by atoms with Crippen molar-refractivity contribution in [1.82, 2.24) is 0 Å². The van der Waals surface area contributed by atoms with E-state index in [9.17, 15) is 14.7 Å². The van der Waals surface area contributed by atoms with Crippen molar-refractivity contribution in [2.24, 2.45) is 0 Å². The van der Waals surface area contributed by atoms with Gasteiger partial charge in [-0.2, -0.15) is 0 Å². The summed E-state index contributed by atoms with van der Waals surface area (Å²) in [7, 11) is 0. The van der Waals surface area contributed by atoms with Crippen LogP contribution in [0, 0.1) is 0 Å². The smallest absolute Gasteiger partial charge is 0.185 e. The zero-order valence-corrected chi connectivity index (χ0v) is 9.27. The molecule has 3 nitrogen and oxygen atoms in total. The second-order valence-electron chi connectivity index (χ2n) is 3.79. The lowest BCUT2D eigenvalue weighted by Gasteiger charge is -2.05. The summed E-state index contributed by atoms with van der Waals surface area (Å²) < 4.78 is 0. The highest BCUT2D eigenvalue weighted by Crippen LogP contribution is 2.15. The highest BCUT2D eigenvalue weighted by atomic mass is 16.4. The maximum Gasteiger partial charge on any atom is 0.185 e. The molecule has 0 radical (unpaired) electrons. The molecule has 16 heavy (non-hydrogen) atoms. The fraction of sp³-hybridized carbons (Fsp3) is 0.231. The number of benzene rings is 1. The van der Waals surface area contributed by atoms with E-state index in [1.165, 1.54) is 0 Å². The van der Waals surface area contributed by atoms with Crippen LogP contribution in [-0.2, 0) is 4.79 Å². The molecule has 0 amide bonds. The molecule has 0 aliphatic carbocycles. The molecule has 0 fully saturated rings. The van der Waals surface area contributed by atoms with E-state index in [1.54, 1.807) is 12.1 Å². The third-order valence-electron chi connectivity index (χ3n) is 2.23. The summed E-state index contributed by atoms with van der Waals surface area (Å²) in [6, 6.07) is 7.12. The first-order chi connectivity index (χ1) is 7.50. The van der Waals surface area contributed by atoms with E-state index in [0.717, 1.165) is 17.7 Å². The molecule has 0 saturated carbocycles. The predicted molar refractivity (Wildman–Crippen MR) is 59.0 cm³/mol. The molecule has 0 aromatic heterocycles. The molecular formula is C13H13O3-. The molecule has 1 aromatic rings. The summed E-state index contributed by atoms with van der Waals surface area (Å²) in [5.41, 5.74) is 1.61. The molecular weight excluding hydrogens is 204 g/mol. The zero-order valence-electron chi connectivity index (χ0n) is 9.27. The lowest BCUT2D eigenvalue weighted by Crippen LogP contribution is -2.19. The van der Waals surface area contributed by atoms with Crippen molar-refractivity contribution in [3.63, 3.8) is 0 Å². The molecule has 0 saturated heterocycles. The summed E-state index contributed by atoms with van der Waals surface area (Å²) in [6.45, 7) is 4.12. The summed E-state index contributed by atoms with van der Waals surface area (Å²) >= 11 is 0. The molecule has 0 aliphatic heterocycles. The Kier molecular flexibility index (Phi) is 4.00. The van der Waals surface area contributed by atoms with E-state index >= 15 is 0 Å². The predicted octanol–water partition coefficient (Wildman–Crippen LogP) is 1.30. The van der Waals surface area contributed by atoms with Crippen molar-refractivity contribution in [3.05, 3.63) is 47.5 Å². The second kappa shape index (κ2) is 5.26. The number of carbonyl (C=O) groups is 2. The minimum absolute atomic E-state index is 0.334. The van der Waals surface area contributed by atoms with Gasteiger partial charge in [0.25, 0.3) is 0 Å². The van der Waals surface area contributed by atoms with Gasteiger partial charge in [0, 0.05) is 5.56 Å². The molecule has 0 spiro atoms. The molecule has 1 aromatic carbocycles. The first kappa shape index (κ1) is 12.2. The van der Waals surface area contributed by atoms with Crippen LogP contribution in [0.1, 0.15) is 35.7 Å². The number of ketones is 1. The Morgan fingerprint density at radius 3 is 2.12 bits per heavy atom. The number of rotatable bonds is 4. The monoisotopic (exact) mass is 217 g/mol. The SMILES string of the molecule is CC(C)c1ccc(C(=O)/C=C/C(=O)[O-])cc1. The average Bonchev–Trinajstić information content (AvgIpc) is 2.26. The first-order valence-corrected chi connectivity index (χ1v) is 5.04. The molecule has 0 atom stereocenters. The van der Waals surface area contributed by atoms with Crippen molar-refractivity contribution in [2.75, 3.05) is 0 Å². The normalized spacial score (nSPS) is 10.9. The highest BCUT2D eigenvalue weighted by molar-refractivity contribution is 6.06. The van der Waals surface area contributed by atoms with Crippen molar-refractivity contribution < 1.29 is 14.7 Å². The molecule has 0 unspecified atom stereocenters. The highest BCUT2D eigenvalue weighted by Gasteiger charge is 2.03. The van der Waals surface area contributed by atoms with Crippen LogP contribution in [0.4, 0.5) is 0 Å². The Labute approximate surface area is 94.4 Å². The number of hydrogen-bond donors (Lipinski definition) is 0. The van der Waals surface area contributed by atoms with Gasteiger partial charge in [-0.1, -0.05) is 38.1 Å². The number of aliphatic carboxylic acids is 1. The number of carboxylic acids is 1. The average molecular weight is 217 g/mol. The molecule has 84 valence electrons. The fourth-order valence-electron chi connectivity index (χ4n) is 1.27. The van der Waals surface area contributed by atoms with Crippen LogP contribution < -0.4 is 5.11 Å². The summed E-state index contributed by atoms with van der Waals surface area (Å²) in [5, 5.41) is 10.1. The van der Waals surface area contributed by atoms with Gasteiger partial charge in [-0.3, -0.25) is 4.79 Å². The van der Waals surface area contributed by atoms with Crippen molar-refractivity contribution in [1.29, 1.82) is 0 Å². The van der Waals surface area contributed by atoms with Crippen LogP contribution >= 0.6 is 0 Å². The van der Waals surface area contributed by atoms with Gasteiger partial charge < -0.3 is 9.90 Å². The maximum absolute atomic E-state index is 11.5. The lowest BCUT2D eigenvalue weighted by molar-refractivity contribution is -0.297. The minimum Gasteiger partial charge on any atom is -0.545 e. The largest absolute Gasteiger partial charge is 0.545 e. The van der Waals surface area contributed by atoms with Gasteiger partial charge in [-0.15, -0.1) is 0 Å². The molecule has 0 aliphatic rings. The van der Waals surface area contributed by atoms with Gasteiger partial charge in [0.2, 0.25) is 0 Å². The van der Waals surface area contributed by atoms with Gasteiger partial charge >= 0.3 is 0 Å². The van der Waals surface area contributed by atoms with Crippen molar-refractivity contribution in [3.8, 4) is 0 Å². The quantitative estimate of drug-likeness (QED) is 0.564. The third-order valence-corrected chi connectivity index (χ3v) is 2.23. The van der Waals surface area contributed by atoms with Crippen molar-refractivity contribution in [2.45, 2.75) is 19.8 Å². The van der Waals surface area contributed by atoms with Gasteiger partial charge in [-0.25, -0.2) is 0 Å². The molecule has 0 N–H and O–H groups in total. The van der Waals surface area contributed by atoms with Gasteiger partial charge in [0.1, 0.15) is 0 Å². The van der Waals surface area contributed by atoms with Crippen LogP contribution in [0.5, 0.6) is 0 Å². The Hall–Kier alpha value is -1.90. The van der Waals surface area contributed by atoms with Crippen molar-refractivity contribution >= 4 is 11.8 Å². The van der Waals surface area contributed by atoms with Crippen LogP contribution in [0.25, 0.3) is 0 Å². The maximum atomic E-state index is 11.5. The van der Waals surface area contributed by atoms with E-state index < -0.39 is 5.97 Å². The summed E-state index contributed by atoms with van der Waals surface area (Å²) in [6.07, 6.45) is 1.73. The van der Waals surface area contributed by atoms with E-state index in [1.807, 2.05) is 12.1 Å². The summed E-state index contributed by atoms with van der Waals surface area (Å²) in [5.74, 6) is -1.30. The number of carboxylic acid groups (broad SMARTS) is 1. The van der Waals surface area contributed by atoms with Crippen LogP contribution in [0.2, 0.25) is 0 Å². The molecule has 3 heteroatoms. The minimum atomic E-state index is -1.37. The first-order valence-electron chi connectivity index (χ1n) is 5.04. The van der Waals surface area contributed by atoms with Gasteiger partial charge in [0.15, 0.2) is 5.78 Å². The fourth-order valence-corrected chi connectivity index (χ4v) is 1.27. The standard InChI is InChI=1S/C13H14O3/c1-9(2)10-3-5-11(6-4-10)12(14)7-8-13(15)16/h3-9H,1-2H3,(H,15,16)/p-1/b8-7+.